The normalized spacial score (nSPS) is 15.8. The summed E-state index contributed by atoms with van der Waals surface area (Å²) in [6, 6.07) is 20.9. The number of H-pyrrole nitrogens is 1. The average molecular weight is 393 g/mol. The van der Waals surface area contributed by atoms with Crippen molar-refractivity contribution >= 4 is 11.8 Å². The number of piperazine rings is 1. The fraction of sp³-hybridized carbons (Fsp3) is 0.348. The third-order valence-electron chi connectivity index (χ3n) is 5.25. The number of nitrogens with zero attached hydrogens (tertiary/aromatic N) is 3. The van der Waals surface area contributed by atoms with Crippen LogP contribution in [-0.2, 0) is 0 Å². The van der Waals surface area contributed by atoms with Crippen molar-refractivity contribution in [3.8, 4) is 22.5 Å². The highest BCUT2D eigenvalue weighted by Crippen LogP contribution is 2.32. The third-order valence-corrected chi connectivity index (χ3v) is 6.20. The number of aromatic amines is 1. The predicted octanol–water partition coefficient (Wildman–Crippen LogP) is 4.47. The molecule has 0 bridgehead atoms. The van der Waals surface area contributed by atoms with E-state index >= 15 is 0 Å². The molecular formula is C23H28N4S. The first kappa shape index (κ1) is 19.2. The molecule has 0 aliphatic carbocycles. The smallest absolute Gasteiger partial charge is 0.166 e. The monoisotopic (exact) mass is 392 g/mol. The van der Waals surface area contributed by atoms with Crippen LogP contribution in [0.15, 0.2) is 65.8 Å². The van der Waals surface area contributed by atoms with E-state index in [2.05, 4.69) is 76.4 Å². The molecule has 3 aromatic rings. The van der Waals surface area contributed by atoms with Crippen molar-refractivity contribution < 1.29 is 0 Å². The van der Waals surface area contributed by atoms with E-state index < -0.39 is 0 Å². The number of likely N-dealkylation sites (N-methyl/N-ethyl adjacent to an activating group) is 1. The summed E-state index contributed by atoms with van der Waals surface area (Å²) in [4.78, 5) is 13.5. The number of aromatic nitrogens is 2. The summed E-state index contributed by atoms with van der Waals surface area (Å²) < 4.78 is 0. The standard InChI is InChI=1S/C23H28N4S/c1-26-14-16-27(17-15-26)13-8-18-28-23-24-21(19-9-4-2-5-10-19)22(25-23)20-11-6-3-7-12-20/h2-7,9-12H,8,13-18H2,1H3,(H,24,25). The third kappa shape index (κ3) is 4.85. The Hall–Kier alpha value is -2.08. The summed E-state index contributed by atoms with van der Waals surface area (Å²) in [5.74, 6) is 1.09. The number of rotatable bonds is 7. The minimum atomic E-state index is 1.01. The fourth-order valence-electron chi connectivity index (χ4n) is 3.57. The average Bonchev–Trinajstić information content (AvgIpc) is 3.18. The van der Waals surface area contributed by atoms with Gasteiger partial charge in [-0.05, 0) is 20.0 Å². The van der Waals surface area contributed by atoms with Crippen LogP contribution in [0.3, 0.4) is 0 Å². The molecule has 0 saturated carbocycles. The summed E-state index contributed by atoms with van der Waals surface area (Å²) in [7, 11) is 2.21. The lowest BCUT2D eigenvalue weighted by Gasteiger charge is -2.32. The summed E-state index contributed by atoms with van der Waals surface area (Å²) in [6.45, 7) is 5.94. The molecule has 1 N–H and O–H groups in total. The van der Waals surface area contributed by atoms with Gasteiger partial charge in [0.2, 0.25) is 0 Å². The second-order valence-electron chi connectivity index (χ2n) is 7.34. The molecule has 1 aromatic heterocycles. The van der Waals surface area contributed by atoms with Crippen LogP contribution >= 0.6 is 11.8 Å². The maximum absolute atomic E-state index is 4.94. The molecule has 1 aliphatic heterocycles. The van der Waals surface area contributed by atoms with Crippen molar-refractivity contribution in [3.63, 3.8) is 0 Å². The number of benzene rings is 2. The van der Waals surface area contributed by atoms with Gasteiger partial charge in [-0.15, -0.1) is 0 Å². The van der Waals surface area contributed by atoms with E-state index in [1.807, 2.05) is 17.8 Å². The number of nitrogens with one attached hydrogen (secondary N) is 1. The summed E-state index contributed by atoms with van der Waals surface area (Å²) in [5.41, 5.74) is 4.47. The van der Waals surface area contributed by atoms with Gasteiger partial charge in [-0.3, -0.25) is 0 Å². The number of hydrogen-bond donors (Lipinski definition) is 1. The second kappa shape index (κ2) is 9.41. The largest absolute Gasteiger partial charge is 0.332 e. The Kier molecular flexibility index (Phi) is 6.47. The summed E-state index contributed by atoms with van der Waals surface area (Å²) in [5, 5.41) is 1.01. The highest BCUT2D eigenvalue weighted by atomic mass is 32.2. The molecule has 0 radical (unpaired) electrons. The van der Waals surface area contributed by atoms with Gasteiger partial charge in [-0.1, -0.05) is 72.4 Å². The molecule has 2 aromatic carbocycles. The Labute approximate surface area is 172 Å². The van der Waals surface area contributed by atoms with Gasteiger partial charge in [0.15, 0.2) is 5.16 Å². The first-order valence-electron chi connectivity index (χ1n) is 10.0. The van der Waals surface area contributed by atoms with Crippen LogP contribution in [0.25, 0.3) is 22.5 Å². The highest BCUT2D eigenvalue weighted by Gasteiger charge is 2.15. The maximum atomic E-state index is 4.94. The van der Waals surface area contributed by atoms with Crippen LogP contribution in [0.5, 0.6) is 0 Å². The molecule has 2 heterocycles. The van der Waals surface area contributed by atoms with E-state index in [4.69, 9.17) is 4.98 Å². The zero-order valence-electron chi connectivity index (χ0n) is 16.5. The second-order valence-corrected chi connectivity index (χ2v) is 8.43. The zero-order valence-corrected chi connectivity index (χ0v) is 17.3. The lowest BCUT2D eigenvalue weighted by molar-refractivity contribution is 0.154. The topological polar surface area (TPSA) is 35.2 Å². The quantitative estimate of drug-likeness (QED) is 0.475. The van der Waals surface area contributed by atoms with Crippen LogP contribution in [0.4, 0.5) is 0 Å². The van der Waals surface area contributed by atoms with Gasteiger partial charge < -0.3 is 14.8 Å². The first-order chi connectivity index (χ1) is 13.8. The van der Waals surface area contributed by atoms with Crippen molar-refractivity contribution in [2.75, 3.05) is 45.5 Å². The van der Waals surface area contributed by atoms with Crippen LogP contribution in [-0.4, -0.2) is 65.3 Å². The van der Waals surface area contributed by atoms with Crippen LogP contribution < -0.4 is 0 Å². The first-order valence-corrected chi connectivity index (χ1v) is 11.0. The molecule has 28 heavy (non-hydrogen) atoms. The van der Waals surface area contributed by atoms with E-state index in [0.717, 1.165) is 27.9 Å². The van der Waals surface area contributed by atoms with E-state index in [9.17, 15) is 0 Å². The molecule has 4 nitrogen and oxygen atoms in total. The van der Waals surface area contributed by atoms with E-state index in [0.29, 0.717) is 0 Å². The van der Waals surface area contributed by atoms with Gasteiger partial charge in [-0.2, -0.15) is 0 Å². The van der Waals surface area contributed by atoms with Gasteiger partial charge in [0.25, 0.3) is 0 Å². The number of thioether (sulfide) groups is 1. The van der Waals surface area contributed by atoms with Gasteiger partial charge in [0, 0.05) is 43.1 Å². The minimum absolute atomic E-state index is 1.01. The minimum Gasteiger partial charge on any atom is -0.332 e. The molecule has 1 saturated heterocycles. The molecule has 0 spiro atoms. The highest BCUT2D eigenvalue weighted by molar-refractivity contribution is 7.99. The predicted molar refractivity (Wildman–Crippen MR) is 119 cm³/mol. The van der Waals surface area contributed by atoms with Crippen molar-refractivity contribution in [2.24, 2.45) is 0 Å². The molecule has 4 rings (SSSR count). The molecule has 5 heteroatoms. The van der Waals surface area contributed by atoms with Crippen LogP contribution in [0.2, 0.25) is 0 Å². The Balaban J connectivity index is 1.42. The molecule has 1 aliphatic rings. The van der Waals surface area contributed by atoms with Gasteiger partial charge in [0.1, 0.15) is 0 Å². The van der Waals surface area contributed by atoms with E-state index in [1.165, 1.54) is 44.7 Å². The van der Waals surface area contributed by atoms with Gasteiger partial charge >= 0.3 is 0 Å². The van der Waals surface area contributed by atoms with E-state index in [-0.39, 0.29) is 0 Å². The SMILES string of the molecule is CN1CCN(CCCSc2nc(-c3ccccc3)c(-c3ccccc3)[nH]2)CC1. The van der Waals surface area contributed by atoms with Crippen molar-refractivity contribution in [3.05, 3.63) is 60.7 Å². The lowest BCUT2D eigenvalue weighted by Crippen LogP contribution is -2.44. The molecule has 1 fully saturated rings. The maximum Gasteiger partial charge on any atom is 0.166 e. The Morgan fingerprint density at radius 2 is 1.54 bits per heavy atom. The molecule has 0 unspecified atom stereocenters. The molecule has 0 amide bonds. The summed E-state index contributed by atoms with van der Waals surface area (Å²) >= 11 is 1.83. The van der Waals surface area contributed by atoms with Gasteiger partial charge in [0.05, 0.1) is 11.4 Å². The molecular weight excluding hydrogens is 364 g/mol. The molecule has 146 valence electrons. The number of hydrogen-bond acceptors (Lipinski definition) is 4. The Morgan fingerprint density at radius 1 is 0.893 bits per heavy atom. The van der Waals surface area contributed by atoms with Crippen LogP contribution in [0.1, 0.15) is 6.42 Å². The van der Waals surface area contributed by atoms with Crippen molar-refractivity contribution in [1.82, 2.24) is 19.8 Å². The fourth-order valence-corrected chi connectivity index (χ4v) is 4.36. The zero-order chi connectivity index (χ0) is 19.2. The lowest BCUT2D eigenvalue weighted by atomic mass is 10.1. The van der Waals surface area contributed by atoms with Crippen molar-refractivity contribution in [1.29, 1.82) is 0 Å². The van der Waals surface area contributed by atoms with Crippen LogP contribution in [0, 0.1) is 0 Å². The van der Waals surface area contributed by atoms with E-state index in [1.54, 1.807) is 0 Å². The summed E-state index contributed by atoms with van der Waals surface area (Å²) in [6.07, 6.45) is 1.19. The number of imidazole rings is 1. The molecule has 0 atom stereocenters. The van der Waals surface area contributed by atoms with Gasteiger partial charge in [-0.25, -0.2) is 4.98 Å². The Morgan fingerprint density at radius 3 is 2.21 bits per heavy atom. The van der Waals surface area contributed by atoms with Crippen molar-refractivity contribution in [2.45, 2.75) is 11.6 Å². The Bertz CT molecular complexity index is 798.